The minimum absolute atomic E-state index is 0.121. The van der Waals surface area contributed by atoms with Crippen molar-refractivity contribution in [3.8, 4) is 5.82 Å². The third-order valence-corrected chi connectivity index (χ3v) is 4.48. The highest BCUT2D eigenvalue weighted by Gasteiger charge is 2.15. The number of carbonyl (C=O) groups is 1. The molecule has 0 bridgehead atoms. The topological polar surface area (TPSA) is 75.6 Å². The number of amides is 1. The number of carbonyl (C=O) groups excluding carboxylic acids is 1. The van der Waals surface area contributed by atoms with Crippen LogP contribution < -0.4 is 5.32 Å². The SMILES string of the molecule is Cc1c(C(=O)NCCc2c[nH]c3ccccc23)cnn1-c1ccccn1. The van der Waals surface area contributed by atoms with Gasteiger partial charge in [-0.25, -0.2) is 9.67 Å². The Hall–Kier alpha value is -3.41. The van der Waals surface area contributed by atoms with Crippen molar-refractivity contribution < 1.29 is 4.79 Å². The van der Waals surface area contributed by atoms with E-state index in [1.54, 1.807) is 17.1 Å². The zero-order valence-electron chi connectivity index (χ0n) is 14.4. The predicted octanol–water partition coefficient (Wildman–Crippen LogP) is 3.03. The standard InChI is InChI=1S/C20H19N5O/c1-14-17(13-24-25(14)19-8-4-5-10-21-19)20(26)22-11-9-15-12-23-18-7-3-2-6-16(15)18/h2-8,10,12-13,23H,9,11H2,1H3,(H,22,26). The summed E-state index contributed by atoms with van der Waals surface area (Å²) in [4.78, 5) is 20.0. The van der Waals surface area contributed by atoms with Gasteiger partial charge in [-0.1, -0.05) is 24.3 Å². The molecule has 0 fully saturated rings. The molecule has 0 saturated heterocycles. The summed E-state index contributed by atoms with van der Waals surface area (Å²) < 4.78 is 1.68. The molecule has 0 atom stereocenters. The number of pyridine rings is 1. The Bertz CT molecular complexity index is 1050. The van der Waals surface area contributed by atoms with Crippen molar-refractivity contribution in [1.29, 1.82) is 0 Å². The average molecular weight is 345 g/mol. The van der Waals surface area contributed by atoms with Crippen LogP contribution in [0.3, 0.4) is 0 Å². The number of benzene rings is 1. The molecule has 3 aromatic heterocycles. The van der Waals surface area contributed by atoms with Gasteiger partial charge in [0.25, 0.3) is 5.91 Å². The van der Waals surface area contributed by atoms with Gasteiger partial charge in [-0.2, -0.15) is 5.10 Å². The molecule has 0 aliphatic heterocycles. The molecule has 1 aromatic carbocycles. The van der Waals surface area contributed by atoms with Crippen molar-refractivity contribution in [2.45, 2.75) is 13.3 Å². The normalized spacial score (nSPS) is 11.0. The number of fused-ring (bicyclic) bond motifs is 1. The van der Waals surface area contributed by atoms with E-state index >= 15 is 0 Å². The quantitative estimate of drug-likeness (QED) is 0.584. The summed E-state index contributed by atoms with van der Waals surface area (Å²) in [5.74, 6) is 0.576. The monoisotopic (exact) mass is 345 g/mol. The Morgan fingerprint density at radius 2 is 2.04 bits per heavy atom. The molecule has 1 amide bonds. The number of rotatable bonds is 5. The maximum absolute atomic E-state index is 12.5. The molecule has 0 aliphatic carbocycles. The number of nitrogens with one attached hydrogen (secondary N) is 2. The van der Waals surface area contributed by atoms with Gasteiger partial charge in [0.05, 0.1) is 17.5 Å². The van der Waals surface area contributed by atoms with E-state index in [-0.39, 0.29) is 5.91 Å². The third kappa shape index (κ3) is 2.97. The summed E-state index contributed by atoms with van der Waals surface area (Å²) in [5, 5.41) is 8.47. The second-order valence-electron chi connectivity index (χ2n) is 6.11. The first-order chi connectivity index (χ1) is 12.7. The average Bonchev–Trinajstić information content (AvgIpc) is 3.26. The van der Waals surface area contributed by atoms with Crippen molar-refractivity contribution >= 4 is 16.8 Å². The molecular weight excluding hydrogens is 326 g/mol. The van der Waals surface area contributed by atoms with Crippen LogP contribution in [0.5, 0.6) is 0 Å². The zero-order chi connectivity index (χ0) is 17.9. The van der Waals surface area contributed by atoms with Crippen LogP contribution in [-0.2, 0) is 6.42 Å². The first-order valence-corrected chi connectivity index (χ1v) is 8.53. The van der Waals surface area contributed by atoms with E-state index in [2.05, 4.69) is 26.4 Å². The van der Waals surface area contributed by atoms with E-state index in [9.17, 15) is 4.79 Å². The predicted molar refractivity (Wildman–Crippen MR) is 100 cm³/mol. The maximum Gasteiger partial charge on any atom is 0.254 e. The van der Waals surface area contributed by atoms with Gasteiger partial charge in [0.15, 0.2) is 5.82 Å². The highest BCUT2D eigenvalue weighted by Crippen LogP contribution is 2.18. The molecule has 4 rings (SSSR count). The molecule has 130 valence electrons. The van der Waals surface area contributed by atoms with Gasteiger partial charge in [0, 0.05) is 29.8 Å². The summed E-state index contributed by atoms with van der Waals surface area (Å²) >= 11 is 0. The van der Waals surface area contributed by atoms with Crippen molar-refractivity contribution in [2.24, 2.45) is 0 Å². The molecular formula is C20H19N5O. The van der Waals surface area contributed by atoms with Crippen molar-refractivity contribution in [3.63, 3.8) is 0 Å². The third-order valence-electron chi connectivity index (χ3n) is 4.48. The number of aromatic nitrogens is 4. The summed E-state index contributed by atoms with van der Waals surface area (Å²) in [6.07, 6.45) is 6.06. The van der Waals surface area contributed by atoms with Gasteiger partial charge in [0.1, 0.15) is 0 Å². The molecule has 0 saturated carbocycles. The lowest BCUT2D eigenvalue weighted by molar-refractivity contribution is 0.0953. The molecule has 4 aromatic rings. The minimum atomic E-state index is -0.121. The molecule has 0 aliphatic rings. The number of H-pyrrole nitrogens is 1. The van der Waals surface area contributed by atoms with Crippen LogP contribution in [0.1, 0.15) is 21.6 Å². The summed E-state index contributed by atoms with van der Waals surface area (Å²) in [5.41, 5.74) is 3.64. The summed E-state index contributed by atoms with van der Waals surface area (Å²) in [6.45, 7) is 2.44. The van der Waals surface area contributed by atoms with E-state index in [0.717, 1.165) is 17.6 Å². The van der Waals surface area contributed by atoms with E-state index in [0.29, 0.717) is 17.9 Å². The number of hydrogen-bond donors (Lipinski definition) is 2. The summed E-state index contributed by atoms with van der Waals surface area (Å²) in [6, 6.07) is 13.8. The van der Waals surface area contributed by atoms with Crippen LogP contribution in [0.15, 0.2) is 61.1 Å². The molecule has 3 heterocycles. The van der Waals surface area contributed by atoms with Gasteiger partial charge >= 0.3 is 0 Å². The zero-order valence-corrected chi connectivity index (χ0v) is 14.4. The minimum Gasteiger partial charge on any atom is -0.361 e. The number of hydrogen-bond acceptors (Lipinski definition) is 3. The number of para-hydroxylation sites is 1. The molecule has 0 radical (unpaired) electrons. The summed E-state index contributed by atoms with van der Waals surface area (Å²) in [7, 11) is 0. The van der Waals surface area contributed by atoms with Gasteiger partial charge < -0.3 is 10.3 Å². The molecule has 26 heavy (non-hydrogen) atoms. The molecule has 0 spiro atoms. The van der Waals surface area contributed by atoms with E-state index in [4.69, 9.17) is 0 Å². The Kier molecular flexibility index (Phi) is 4.23. The largest absolute Gasteiger partial charge is 0.361 e. The van der Waals surface area contributed by atoms with Gasteiger partial charge in [-0.15, -0.1) is 0 Å². The molecule has 6 nitrogen and oxygen atoms in total. The van der Waals surface area contributed by atoms with E-state index in [1.807, 2.05) is 49.5 Å². The van der Waals surface area contributed by atoms with Gasteiger partial charge in [-0.3, -0.25) is 4.79 Å². The molecule has 2 N–H and O–H groups in total. The Balaban J connectivity index is 1.43. The van der Waals surface area contributed by atoms with Gasteiger partial charge in [-0.05, 0) is 37.1 Å². The van der Waals surface area contributed by atoms with Crippen LogP contribution in [0.2, 0.25) is 0 Å². The lowest BCUT2D eigenvalue weighted by Gasteiger charge is -2.06. The molecule has 0 unspecified atom stereocenters. The van der Waals surface area contributed by atoms with Crippen LogP contribution in [-0.4, -0.2) is 32.2 Å². The second kappa shape index (κ2) is 6.84. The van der Waals surface area contributed by atoms with Crippen LogP contribution in [0.25, 0.3) is 16.7 Å². The second-order valence-corrected chi connectivity index (χ2v) is 6.11. The number of aromatic amines is 1. The Labute approximate surface area is 150 Å². The first kappa shape index (κ1) is 16.1. The van der Waals surface area contributed by atoms with E-state index < -0.39 is 0 Å². The fourth-order valence-corrected chi connectivity index (χ4v) is 3.09. The van der Waals surface area contributed by atoms with Crippen LogP contribution in [0.4, 0.5) is 0 Å². The first-order valence-electron chi connectivity index (χ1n) is 8.53. The smallest absolute Gasteiger partial charge is 0.254 e. The van der Waals surface area contributed by atoms with Gasteiger partial charge in [0.2, 0.25) is 0 Å². The van der Waals surface area contributed by atoms with Crippen molar-refractivity contribution in [3.05, 3.63) is 77.9 Å². The Morgan fingerprint density at radius 3 is 2.88 bits per heavy atom. The fraction of sp³-hybridized carbons (Fsp3) is 0.150. The number of nitrogens with zero attached hydrogens (tertiary/aromatic N) is 3. The van der Waals surface area contributed by atoms with Crippen molar-refractivity contribution in [1.82, 2.24) is 25.1 Å². The maximum atomic E-state index is 12.5. The lowest BCUT2D eigenvalue weighted by Crippen LogP contribution is -2.26. The van der Waals surface area contributed by atoms with Crippen LogP contribution >= 0.6 is 0 Å². The Morgan fingerprint density at radius 1 is 1.19 bits per heavy atom. The fourth-order valence-electron chi connectivity index (χ4n) is 3.09. The van der Waals surface area contributed by atoms with Crippen LogP contribution in [0, 0.1) is 6.92 Å². The van der Waals surface area contributed by atoms with Crippen molar-refractivity contribution in [2.75, 3.05) is 6.54 Å². The highest BCUT2D eigenvalue weighted by atomic mass is 16.1. The highest BCUT2D eigenvalue weighted by molar-refractivity contribution is 5.95. The molecule has 6 heteroatoms. The lowest BCUT2D eigenvalue weighted by atomic mass is 10.1. The van der Waals surface area contributed by atoms with E-state index in [1.165, 1.54) is 10.9 Å².